The molecule has 21 heterocycles. The predicted octanol–water partition coefficient (Wildman–Crippen LogP) is -0.0449. The van der Waals surface area contributed by atoms with Crippen molar-refractivity contribution in [2.45, 2.75) is 166 Å². The first-order valence-corrected chi connectivity index (χ1v) is 54.1. The molecule has 0 aromatic carbocycles. The molecule has 0 aliphatic carbocycles. The van der Waals surface area contributed by atoms with Crippen molar-refractivity contribution in [2.75, 3.05) is 56.8 Å². The Morgan fingerprint density at radius 1 is 0.444 bits per heavy atom. The molecule has 9 saturated heterocycles. The van der Waals surface area contributed by atoms with E-state index in [4.69, 9.17) is 142 Å². The first-order chi connectivity index (χ1) is 63.1. The van der Waals surface area contributed by atoms with Crippen LogP contribution in [0.15, 0.2) is 42.0 Å². The minimum Gasteiger partial charge on any atom is -0.389 e. The fourth-order valence-electron chi connectivity index (χ4n) is 15.6. The Hall–Kier alpha value is -7.55. The Labute approximate surface area is 764 Å². The number of carbonyl (C=O) groups is 3. The van der Waals surface area contributed by atoms with E-state index < -0.39 is 225 Å². The lowest BCUT2D eigenvalue weighted by atomic mass is 10.1. The van der Waals surface area contributed by atoms with Crippen molar-refractivity contribution in [1.82, 2.24) is 109 Å². The molecule has 0 amide bonds. The third-order valence-corrected chi connectivity index (χ3v) is 31.9. The monoisotopic (exact) mass is 2100 g/mol. The number of nitrogens with zero attached hydrogens (tertiary/aromatic N) is 22. The molecule has 6 bridgehead atoms. The van der Waals surface area contributed by atoms with Crippen LogP contribution < -0.4 is 33.9 Å². The van der Waals surface area contributed by atoms with Crippen molar-refractivity contribution in [2.24, 2.45) is 15.0 Å². The Morgan fingerprint density at radius 2 is 0.857 bits per heavy atom. The molecule has 12 aliphatic heterocycles. The van der Waals surface area contributed by atoms with E-state index in [2.05, 4.69) is 108 Å². The summed E-state index contributed by atoms with van der Waals surface area (Å²) in [6.45, 7) is -24.3. The average molecular weight is 2100 g/mol. The van der Waals surface area contributed by atoms with E-state index in [0.29, 0.717) is 0 Å². The second-order valence-electron chi connectivity index (χ2n) is 30.2. The van der Waals surface area contributed by atoms with Crippen LogP contribution in [0.1, 0.15) is 100 Å². The number of fused-ring (bicyclic) bond motifs is 15. The molecular weight excluding hydrogens is 2030 g/mol. The number of anilines is 3. The Bertz CT molecular complexity index is 6540. The number of rotatable bonds is 6. The molecule has 12 aliphatic rings. The second-order valence-corrected chi connectivity index (χ2v) is 47.0. The number of thioether (sulfide) groups is 1. The number of phosphoric ester groups is 1. The van der Waals surface area contributed by atoms with Gasteiger partial charge in [0.25, 0.3) is 16.7 Å². The maximum absolute atomic E-state index is 15.9. The number of ketones is 3. The van der Waals surface area contributed by atoms with E-state index in [9.17, 15) is 67.5 Å². The predicted molar refractivity (Wildman–Crippen MR) is 454 cm³/mol. The fourth-order valence-corrected chi connectivity index (χ4v) is 25.5. The van der Waals surface area contributed by atoms with Gasteiger partial charge in [-0.25, -0.2) is 47.2 Å². The quantitative estimate of drug-likeness (QED) is 0.0767. The number of Topliss-reactive ketones (excluding diaryl/α,β-unsaturated/α-hetero) is 3. The average Bonchev–Trinajstić information content (AvgIpc) is 1.62. The number of imidazole rings is 2. The normalized spacial score (nSPS) is 38.1. The van der Waals surface area contributed by atoms with Crippen molar-refractivity contribution < 1.29 is 144 Å². The number of aromatic nitrogens is 22. The largest absolute Gasteiger partial charge is 0.472 e. The number of thiol groups is 1. The zero-order valence-corrected chi connectivity index (χ0v) is 76.5. The molecule has 59 nitrogen and oxygen atoms in total. The van der Waals surface area contributed by atoms with Crippen molar-refractivity contribution in [1.29, 1.82) is 0 Å². The number of nitrogen functional groups attached to an aromatic ring is 3. The van der Waals surface area contributed by atoms with Crippen LogP contribution in [0.4, 0.5) is 48.5 Å². The molecule has 21 rings (SSSR count). The van der Waals surface area contributed by atoms with Gasteiger partial charge >= 0.3 is 41.5 Å². The number of nitrogens with one attached hydrogen (secondary N) is 3. The molecule has 0 spiro atoms. The minimum absolute atomic E-state index is 0.00229. The molecule has 9 aromatic heterocycles. The molecule has 9 aromatic rings. The summed E-state index contributed by atoms with van der Waals surface area (Å²) in [6, 6.07) is 0. The standard InChI is InChI=1S/C21H23FN8O11P2S2.2C19H21FN10O10P2S2/c22-10-14-8(39-19(10)29-5-25-11-7(31)1-2-24-16(11)29)3-38-43(36,44)41-15-13(32)9(4-37-42(34,35)40-14)45-20(15)30-6-26-12-17(30)27-21(23)28-18(12)33;2*20-10-13-9(38-18(10)29-14-11(25-27-29)7(31)1-2-22-14)5-36-41(33,43)39-8-3-6(4-35-42(34,44)40-13)37-17(8)30-15-12(26-28-30)16(32)24-19(21)23-15/h2,5-6,8-10,13-15,19-20,32H,1,3-4H2,(H,34,35)(H,36,44)(H3,23,27,28,33);2*2,6,8-10,13,17-18H,1,3-5H2,(H,33,43)(H,34,44)(H3,21,23,24,32)/t8-,9-,10+,13-,14-,15-,19-,20-,43?;2*6-,8+,9+,10-,13+,17+,18+,41?,42?/m100/s1. The number of aromatic amines is 3. The first kappa shape index (κ1) is 94.4. The summed E-state index contributed by atoms with van der Waals surface area (Å²) in [5.41, 5.74) is 14.6. The van der Waals surface area contributed by atoms with Gasteiger partial charge in [0.15, 0.2) is 135 Å². The van der Waals surface area contributed by atoms with Crippen molar-refractivity contribution in [3.8, 4) is 0 Å². The molecule has 0 saturated carbocycles. The summed E-state index contributed by atoms with van der Waals surface area (Å²) in [6.07, 6.45) is -22.8. The van der Waals surface area contributed by atoms with Gasteiger partial charge in [0.05, 0.1) is 75.9 Å². The Balaban J connectivity index is 0.000000129. The van der Waals surface area contributed by atoms with Gasteiger partial charge in [-0.3, -0.25) is 80.0 Å². The van der Waals surface area contributed by atoms with Crippen LogP contribution in [-0.2, 0) is 134 Å². The van der Waals surface area contributed by atoms with E-state index in [1.807, 2.05) is 0 Å². The SMILES string of the molecule is Nc1nc2c(ncn2[C@@H]2S[C@@H]3COP(=O)(O)O[C@H]4[C@H](F)[C@H](n5cnc6c5N=CCC6=O)O[C@@H]4COP(O)(=S)O[C@@H]2[C@@H]3O)c(=O)[nH]1.Nc1nc2c(nnn2[C@@H]2O[C@@H]3COP(=O)(S)O[C@H]4[C@H](F)[C@H](n5nnc6c5N=CCC6=O)O[C@@H]4COP(O)(=S)O[C@@H]2C3)c(=O)[nH]1.Nc1nc2c(nnn2[C@@H]2O[C@@H]3COP(O)(=S)O[C@H]4[C@H](F)[C@H](n5nnc6c5N=CCC6=O)O[C@@H]4COP(O)(=S)O[C@@H]2C3)c(=O)[nH]1. The van der Waals surface area contributed by atoms with Gasteiger partial charge in [-0.05, 0) is 47.2 Å². The highest BCUT2D eigenvalue weighted by Crippen LogP contribution is 2.62. The van der Waals surface area contributed by atoms with Crippen molar-refractivity contribution in [3.05, 3.63) is 60.8 Å². The number of aliphatic hydroxyl groups is 1. The lowest BCUT2D eigenvalue weighted by molar-refractivity contribution is -0.0653. The van der Waals surface area contributed by atoms with Crippen LogP contribution in [0.3, 0.4) is 0 Å². The smallest absolute Gasteiger partial charge is 0.389 e. The molecule has 0 radical (unpaired) electrons. The first-order valence-electron chi connectivity index (χ1n) is 38.7. The molecule has 6 unspecified atom stereocenters. The second kappa shape index (κ2) is 36.3. The molecule has 15 N–H and O–H groups in total. The van der Waals surface area contributed by atoms with Gasteiger partial charge in [0.1, 0.15) is 60.3 Å². The summed E-state index contributed by atoms with van der Waals surface area (Å²) in [5.74, 6) is -1.77. The van der Waals surface area contributed by atoms with E-state index in [1.165, 1.54) is 29.5 Å². The van der Waals surface area contributed by atoms with Crippen molar-refractivity contribution >= 4 is 218 Å². The Morgan fingerprint density at radius 3 is 1.38 bits per heavy atom. The highest BCUT2D eigenvalue weighted by Gasteiger charge is 2.58. The number of aliphatic hydroxyl groups excluding tert-OH is 1. The van der Waals surface area contributed by atoms with E-state index in [-0.39, 0.29) is 142 Å². The topological polar surface area (TPSA) is 775 Å². The minimum atomic E-state index is -5.04. The summed E-state index contributed by atoms with van der Waals surface area (Å²) in [5, 5.41) is 39.9. The van der Waals surface area contributed by atoms with Crippen LogP contribution in [0.2, 0.25) is 0 Å². The highest BCUT2D eigenvalue weighted by molar-refractivity contribution is 8.44. The van der Waals surface area contributed by atoms with E-state index in [0.717, 1.165) is 41.4 Å². The molecular formula is C59H65F3N28O31P6S6. The van der Waals surface area contributed by atoms with Gasteiger partial charge in [-0.1, -0.05) is 33.1 Å². The number of hydrogen-bond acceptors (Lipinski definition) is 50. The zero-order valence-electron chi connectivity index (χ0n) is 66.1. The maximum atomic E-state index is 15.9. The van der Waals surface area contributed by atoms with Crippen LogP contribution in [0.5, 0.6) is 0 Å². The summed E-state index contributed by atoms with van der Waals surface area (Å²) in [4.78, 5) is 167. The van der Waals surface area contributed by atoms with Gasteiger partial charge in [0.2, 0.25) is 17.8 Å². The third-order valence-electron chi connectivity index (χ3n) is 21.5. The number of carbonyl (C=O) groups excluding carboxylic acids is 3. The van der Waals surface area contributed by atoms with Crippen LogP contribution in [0.25, 0.3) is 33.5 Å². The van der Waals surface area contributed by atoms with Crippen LogP contribution >= 0.6 is 65.5 Å². The van der Waals surface area contributed by atoms with Gasteiger partial charge in [-0.15, -0.1) is 32.2 Å². The molecule has 28 atom stereocenters. The number of halogens is 3. The lowest BCUT2D eigenvalue weighted by Gasteiger charge is -2.28. The molecule has 133 heavy (non-hydrogen) atoms. The van der Waals surface area contributed by atoms with Gasteiger partial charge in [0, 0.05) is 50.7 Å². The number of ether oxygens (including phenoxy) is 5. The van der Waals surface area contributed by atoms with E-state index >= 15 is 13.2 Å². The third kappa shape index (κ3) is 18.9. The van der Waals surface area contributed by atoms with Crippen LogP contribution in [0, 0.1) is 0 Å². The number of H-pyrrole nitrogens is 3. The number of nitrogens with two attached hydrogens (primary N) is 3. The van der Waals surface area contributed by atoms with Crippen LogP contribution in [-0.4, -0.2) is 311 Å². The molecule has 714 valence electrons. The molecule has 74 heteroatoms. The summed E-state index contributed by atoms with van der Waals surface area (Å²) >= 11 is 25.8. The maximum Gasteiger partial charge on any atom is 0.472 e. The highest BCUT2D eigenvalue weighted by atomic mass is 32.7. The number of hydrogen-bond donors (Lipinski definition) is 13. The Kier molecular flexibility index (Phi) is 25.8. The number of alkyl halides is 3. The number of aliphatic imine (C=N–C) groups is 3. The van der Waals surface area contributed by atoms with Gasteiger partial charge < -0.3 is 97.6 Å². The summed E-state index contributed by atoms with van der Waals surface area (Å²) in [7, 11) is -5.04. The number of phosphoric acid groups is 1. The summed E-state index contributed by atoms with van der Waals surface area (Å²) < 4.78 is 176. The lowest BCUT2D eigenvalue weighted by Crippen LogP contribution is -2.35. The molecule has 9 fully saturated rings. The van der Waals surface area contributed by atoms with Gasteiger partial charge in [-0.2, -0.15) is 33.7 Å². The van der Waals surface area contributed by atoms with E-state index in [1.54, 1.807) is 0 Å². The zero-order chi connectivity index (χ0) is 93.8. The van der Waals surface area contributed by atoms with Crippen molar-refractivity contribution in [3.63, 3.8) is 0 Å². The fraction of sp³-hybridized carbons (Fsp3) is 0.559.